The number of halogens is 2. The minimum Gasteiger partial charge on any atom is -0.480 e. The summed E-state index contributed by atoms with van der Waals surface area (Å²) < 4.78 is 0. The third-order valence-corrected chi connectivity index (χ3v) is 10.4. The van der Waals surface area contributed by atoms with E-state index in [9.17, 15) is 29.4 Å². The summed E-state index contributed by atoms with van der Waals surface area (Å²) in [5.74, 6) is -1.89. The molecule has 0 spiro atoms. The maximum Gasteiger partial charge on any atom is 0.327 e. The Morgan fingerprint density at radius 3 is 1.50 bits per heavy atom. The van der Waals surface area contributed by atoms with E-state index >= 15 is 0 Å². The van der Waals surface area contributed by atoms with Gasteiger partial charge in [-0.1, -0.05) is 44.8 Å². The number of hydrogen-bond acceptors (Lipinski definition) is 8. The minimum absolute atomic E-state index is 0.258. The van der Waals surface area contributed by atoms with Crippen LogP contribution in [0.1, 0.15) is 20.7 Å². The second-order valence-corrected chi connectivity index (χ2v) is 12.8. The van der Waals surface area contributed by atoms with Gasteiger partial charge in [-0.05, 0) is 36.4 Å². The molecule has 0 aromatic heterocycles. The van der Waals surface area contributed by atoms with Gasteiger partial charge in [-0.15, -0.1) is 23.5 Å². The Kier molecular flexibility index (Phi) is 8.95. The normalized spacial score (nSPS) is 19.5. The van der Waals surface area contributed by atoms with E-state index in [1.165, 1.54) is 67.0 Å². The standard InChI is InChI=1S/C22H18Cl2N2O6S4/c23-11-1-3-17(13(5-11)19(27)25-9-33-7-15(25)21(29)30)35-36-18-4-2-12(24)6-14(18)20(28)26-10-34-8-16(26)22(31)32/h1-6,15-16H,7-10H2,(H,29,30)(H,31,32). The molecule has 2 unspecified atom stereocenters. The number of rotatable bonds is 7. The Balaban J connectivity index is 1.59. The van der Waals surface area contributed by atoms with E-state index in [-0.39, 0.29) is 22.9 Å². The highest BCUT2D eigenvalue weighted by Crippen LogP contribution is 2.43. The highest BCUT2D eigenvalue weighted by atomic mass is 35.5. The molecule has 2 aliphatic rings. The topological polar surface area (TPSA) is 115 Å². The molecule has 2 heterocycles. The third kappa shape index (κ3) is 5.89. The van der Waals surface area contributed by atoms with Gasteiger partial charge in [0.25, 0.3) is 11.8 Å². The molecule has 2 N–H and O–H groups in total. The van der Waals surface area contributed by atoms with Gasteiger partial charge in [0, 0.05) is 31.3 Å². The van der Waals surface area contributed by atoms with E-state index in [0.717, 1.165) is 0 Å². The Morgan fingerprint density at radius 2 is 1.14 bits per heavy atom. The van der Waals surface area contributed by atoms with Gasteiger partial charge in [0.15, 0.2) is 0 Å². The van der Waals surface area contributed by atoms with Crippen molar-refractivity contribution in [2.24, 2.45) is 0 Å². The van der Waals surface area contributed by atoms with Crippen molar-refractivity contribution in [1.82, 2.24) is 9.80 Å². The Morgan fingerprint density at radius 1 is 0.750 bits per heavy atom. The van der Waals surface area contributed by atoms with Crippen molar-refractivity contribution in [3.8, 4) is 0 Å². The average Bonchev–Trinajstić information content (AvgIpc) is 3.53. The number of thioether (sulfide) groups is 2. The van der Waals surface area contributed by atoms with Crippen LogP contribution < -0.4 is 0 Å². The van der Waals surface area contributed by atoms with Crippen molar-refractivity contribution in [2.75, 3.05) is 23.3 Å². The molecule has 2 fully saturated rings. The quantitative estimate of drug-likeness (QED) is 0.418. The SMILES string of the molecule is O=C(O)C1CSCN1C(=O)c1cc(Cl)ccc1SSc1ccc(Cl)cc1C(=O)N1CSCC1C(=O)O. The largest absolute Gasteiger partial charge is 0.480 e. The predicted octanol–water partition coefficient (Wildman–Crippen LogP) is 4.99. The van der Waals surface area contributed by atoms with Gasteiger partial charge in [-0.2, -0.15) is 0 Å². The van der Waals surface area contributed by atoms with Crippen LogP contribution >= 0.6 is 68.3 Å². The van der Waals surface area contributed by atoms with Crippen molar-refractivity contribution >= 4 is 92.1 Å². The first-order chi connectivity index (χ1) is 17.2. The van der Waals surface area contributed by atoms with Crippen LogP contribution in [0.5, 0.6) is 0 Å². The molecule has 0 saturated carbocycles. The van der Waals surface area contributed by atoms with E-state index in [2.05, 4.69) is 0 Å². The average molecular weight is 606 g/mol. The molecule has 190 valence electrons. The van der Waals surface area contributed by atoms with Gasteiger partial charge in [0.1, 0.15) is 12.1 Å². The molecule has 2 saturated heterocycles. The molecule has 8 nitrogen and oxygen atoms in total. The smallest absolute Gasteiger partial charge is 0.327 e. The summed E-state index contributed by atoms with van der Waals surface area (Å²) in [6, 6.07) is 7.75. The second kappa shape index (κ2) is 11.8. The lowest BCUT2D eigenvalue weighted by atomic mass is 10.1. The van der Waals surface area contributed by atoms with Gasteiger partial charge in [0.2, 0.25) is 0 Å². The van der Waals surface area contributed by atoms with Crippen LogP contribution in [0.15, 0.2) is 46.2 Å². The van der Waals surface area contributed by atoms with Crippen molar-refractivity contribution in [2.45, 2.75) is 21.9 Å². The van der Waals surface area contributed by atoms with Crippen LogP contribution in [-0.4, -0.2) is 79.1 Å². The first-order valence-corrected chi connectivity index (χ1v) is 15.6. The number of nitrogens with zero attached hydrogens (tertiary/aromatic N) is 2. The maximum absolute atomic E-state index is 13.3. The van der Waals surface area contributed by atoms with E-state index in [1.807, 2.05) is 0 Å². The van der Waals surface area contributed by atoms with Crippen LogP contribution in [0.2, 0.25) is 10.0 Å². The number of carboxylic acid groups (broad SMARTS) is 2. The third-order valence-electron chi connectivity index (χ3n) is 5.42. The molecule has 0 aliphatic carbocycles. The van der Waals surface area contributed by atoms with Crippen LogP contribution in [0.4, 0.5) is 0 Å². The number of carboxylic acids is 2. The highest BCUT2D eigenvalue weighted by Gasteiger charge is 2.37. The van der Waals surface area contributed by atoms with Crippen molar-refractivity contribution in [3.05, 3.63) is 57.6 Å². The van der Waals surface area contributed by atoms with Crippen LogP contribution in [0, 0.1) is 0 Å². The minimum atomic E-state index is -1.07. The first-order valence-electron chi connectivity index (χ1n) is 10.3. The molecule has 0 bridgehead atoms. The van der Waals surface area contributed by atoms with Gasteiger partial charge in [-0.25, -0.2) is 9.59 Å². The van der Waals surface area contributed by atoms with Crippen LogP contribution in [0.3, 0.4) is 0 Å². The van der Waals surface area contributed by atoms with Crippen molar-refractivity contribution in [3.63, 3.8) is 0 Å². The fourth-order valence-electron chi connectivity index (χ4n) is 3.58. The van der Waals surface area contributed by atoms with E-state index in [1.54, 1.807) is 24.3 Å². The molecule has 14 heteroatoms. The molecule has 2 aliphatic heterocycles. The highest BCUT2D eigenvalue weighted by molar-refractivity contribution is 8.76. The summed E-state index contributed by atoms with van der Waals surface area (Å²) in [5, 5.41) is 19.6. The zero-order valence-corrected chi connectivity index (χ0v) is 23.0. The lowest BCUT2D eigenvalue weighted by Crippen LogP contribution is -2.42. The van der Waals surface area contributed by atoms with Gasteiger partial charge < -0.3 is 20.0 Å². The van der Waals surface area contributed by atoms with E-state index < -0.39 is 35.8 Å². The summed E-state index contributed by atoms with van der Waals surface area (Å²) >= 11 is 15.0. The number of benzene rings is 2. The summed E-state index contributed by atoms with van der Waals surface area (Å²) in [4.78, 5) is 53.4. The van der Waals surface area contributed by atoms with Crippen molar-refractivity contribution < 1.29 is 29.4 Å². The van der Waals surface area contributed by atoms with E-state index in [0.29, 0.717) is 31.3 Å². The lowest BCUT2D eigenvalue weighted by molar-refractivity contribution is -0.141. The molecule has 0 radical (unpaired) electrons. The Bertz CT molecular complexity index is 1140. The number of hydrogen-bond donors (Lipinski definition) is 2. The summed E-state index contributed by atoms with van der Waals surface area (Å²) in [6.07, 6.45) is 0. The maximum atomic E-state index is 13.3. The lowest BCUT2D eigenvalue weighted by Gasteiger charge is -2.22. The predicted molar refractivity (Wildman–Crippen MR) is 144 cm³/mol. The zero-order chi connectivity index (χ0) is 26.0. The molecular formula is C22H18Cl2N2O6S4. The fraction of sp³-hybridized carbons (Fsp3) is 0.273. The van der Waals surface area contributed by atoms with Gasteiger partial charge in [-0.3, -0.25) is 9.59 Å². The number of amides is 2. The zero-order valence-electron chi connectivity index (χ0n) is 18.3. The van der Waals surface area contributed by atoms with Gasteiger partial charge in [0.05, 0.1) is 22.9 Å². The summed E-state index contributed by atoms with van der Waals surface area (Å²) in [7, 11) is 2.43. The molecular weight excluding hydrogens is 587 g/mol. The number of aliphatic carboxylic acids is 2. The molecule has 2 amide bonds. The summed E-state index contributed by atoms with van der Waals surface area (Å²) in [6.45, 7) is 0. The molecule has 36 heavy (non-hydrogen) atoms. The van der Waals surface area contributed by atoms with Gasteiger partial charge >= 0.3 is 11.9 Å². The van der Waals surface area contributed by atoms with Crippen molar-refractivity contribution in [1.29, 1.82) is 0 Å². The van der Waals surface area contributed by atoms with Crippen LogP contribution in [0.25, 0.3) is 0 Å². The number of carbonyl (C=O) groups excluding carboxylic acids is 2. The molecule has 2 aromatic rings. The summed E-state index contributed by atoms with van der Waals surface area (Å²) in [5.41, 5.74) is 0.523. The second-order valence-electron chi connectivity index (χ2n) is 7.71. The molecule has 4 rings (SSSR count). The van der Waals surface area contributed by atoms with E-state index in [4.69, 9.17) is 23.2 Å². The monoisotopic (exact) mass is 604 g/mol. The first kappa shape index (κ1) is 27.3. The Hall–Kier alpha value is -1.70. The number of carbonyl (C=O) groups is 4. The molecule has 2 aromatic carbocycles. The molecule has 2 atom stereocenters. The Labute approximate surface area is 232 Å². The fourth-order valence-corrected chi connectivity index (χ4v) is 8.52. The van der Waals surface area contributed by atoms with Crippen LogP contribution in [-0.2, 0) is 9.59 Å².